The van der Waals surface area contributed by atoms with Crippen LogP contribution in [0.25, 0.3) is 0 Å². The summed E-state index contributed by atoms with van der Waals surface area (Å²) < 4.78 is 0. The van der Waals surface area contributed by atoms with Crippen LogP contribution >= 0.6 is 0 Å². The van der Waals surface area contributed by atoms with Crippen molar-refractivity contribution in [2.45, 2.75) is 46.6 Å². The molecule has 1 unspecified atom stereocenters. The first kappa shape index (κ1) is 20.9. The molecule has 0 bridgehead atoms. The highest BCUT2D eigenvalue weighted by Gasteiger charge is 2.39. The molecule has 1 saturated heterocycles. The number of benzene rings is 2. The molecule has 1 heterocycles. The number of para-hydroxylation sites is 1. The second-order valence-corrected chi connectivity index (χ2v) is 8.14. The van der Waals surface area contributed by atoms with Crippen LogP contribution in [0.3, 0.4) is 0 Å². The molecular weight excluding hydrogens is 362 g/mol. The Labute approximate surface area is 173 Å². The maximum Gasteiger partial charge on any atom is 0.321 e. The number of urea groups is 1. The van der Waals surface area contributed by atoms with E-state index in [1.54, 1.807) is 4.90 Å². The molecule has 0 aliphatic carbocycles. The minimum absolute atomic E-state index is 0.00668. The van der Waals surface area contributed by atoms with Gasteiger partial charge in [-0.1, -0.05) is 49.4 Å². The number of carbonyl (C=O) groups excluding carboxylic acids is 2. The Morgan fingerprint density at radius 3 is 2.48 bits per heavy atom. The van der Waals surface area contributed by atoms with Gasteiger partial charge in [0, 0.05) is 25.3 Å². The lowest BCUT2D eigenvalue weighted by molar-refractivity contribution is -0.132. The van der Waals surface area contributed by atoms with Crippen molar-refractivity contribution >= 4 is 17.6 Å². The van der Waals surface area contributed by atoms with Gasteiger partial charge in [-0.2, -0.15) is 0 Å². The van der Waals surface area contributed by atoms with Crippen LogP contribution in [0.2, 0.25) is 0 Å². The fraction of sp³-hybridized carbons (Fsp3) is 0.417. The molecule has 1 aliphatic heterocycles. The van der Waals surface area contributed by atoms with Gasteiger partial charge in [0.1, 0.15) is 0 Å². The summed E-state index contributed by atoms with van der Waals surface area (Å²) in [6, 6.07) is 15.8. The molecule has 3 amide bonds. The van der Waals surface area contributed by atoms with E-state index in [1.807, 2.05) is 62.4 Å². The number of amides is 3. The van der Waals surface area contributed by atoms with Gasteiger partial charge in [0.25, 0.3) is 0 Å². The van der Waals surface area contributed by atoms with Gasteiger partial charge < -0.3 is 15.5 Å². The van der Waals surface area contributed by atoms with Crippen LogP contribution in [-0.4, -0.2) is 29.9 Å². The monoisotopic (exact) mass is 393 g/mol. The molecule has 0 radical (unpaired) electrons. The Bertz CT molecular complexity index is 880. The number of aryl methyl sites for hydroxylation is 2. The lowest BCUT2D eigenvalue weighted by Gasteiger charge is -2.39. The SMILES string of the molecule is CCc1ccccc1NC(=O)N1CCCC(C)(C(=O)NCc2ccccc2C)C1. The molecule has 1 fully saturated rings. The molecule has 5 heteroatoms. The Balaban J connectivity index is 1.63. The number of nitrogens with zero attached hydrogens (tertiary/aromatic N) is 1. The van der Waals surface area contributed by atoms with Gasteiger partial charge in [-0.05, 0) is 55.9 Å². The van der Waals surface area contributed by atoms with Crippen molar-refractivity contribution in [2.24, 2.45) is 5.41 Å². The molecule has 2 N–H and O–H groups in total. The Morgan fingerprint density at radius 2 is 1.76 bits per heavy atom. The van der Waals surface area contributed by atoms with Crippen LogP contribution in [0, 0.1) is 12.3 Å². The molecule has 154 valence electrons. The van der Waals surface area contributed by atoms with Crippen molar-refractivity contribution in [1.82, 2.24) is 10.2 Å². The highest BCUT2D eigenvalue weighted by atomic mass is 16.2. The molecule has 0 spiro atoms. The van der Waals surface area contributed by atoms with Crippen molar-refractivity contribution in [1.29, 1.82) is 0 Å². The number of hydrogen-bond acceptors (Lipinski definition) is 2. The summed E-state index contributed by atoms with van der Waals surface area (Å²) in [5.74, 6) is 0.00668. The molecule has 5 nitrogen and oxygen atoms in total. The fourth-order valence-electron chi connectivity index (χ4n) is 3.94. The van der Waals surface area contributed by atoms with Gasteiger partial charge in [-0.25, -0.2) is 4.79 Å². The van der Waals surface area contributed by atoms with Crippen molar-refractivity contribution in [3.63, 3.8) is 0 Å². The van der Waals surface area contributed by atoms with E-state index in [9.17, 15) is 9.59 Å². The Morgan fingerprint density at radius 1 is 1.07 bits per heavy atom. The third kappa shape index (κ3) is 4.97. The normalized spacial score (nSPS) is 18.9. The Hall–Kier alpha value is -2.82. The summed E-state index contributed by atoms with van der Waals surface area (Å²) in [4.78, 5) is 27.6. The summed E-state index contributed by atoms with van der Waals surface area (Å²) in [7, 11) is 0. The third-order valence-corrected chi connectivity index (χ3v) is 5.87. The van der Waals surface area contributed by atoms with Gasteiger partial charge in [-0.15, -0.1) is 0 Å². The molecule has 2 aromatic rings. The van der Waals surface area contributed by atoms with E-state index in [1.165, 1.54) is 0 Å². The zero-order valence-corrected chi connectivity index (χ0v) is 17.6. The van der Waals surface area contributed by atoms with E-state index >= 15 is 0 Å². The molecule has 1 aliphatic rings. The maximum atomic E-state index is 13.0. The van der Waals surface area contributed by atoms with E-state index in [0.29, 0.717) is 19.6 Å². The van der Waals surface area contributed by atoms with Crippen LogP contribution in [0.4, 0.5) is 10.5 Å². The van der Waals surface area contributed by atoms with Gasteiger partial charge in [0.2, 0.25) is 5.91 Å². The first-order chi connectivity index (χ1) is 13.9. The quantitative estimate of drug-likeness (QED) is 0.785. The highest BCUT2D eigenvalue weighted by molar-refractivity contribution is 5.91. The lowest BCUT2D eigenvalue weighted by Crippen LogP contribution is -2.52. The second-order valence-electron chi connectivity index (χ2n) is 8.14. The standard InChI is InChI=1S/C24H31N3O2/c1-4-19-11-7-8-13-21(19)26-23(29)27-15-9-14-24(3,17-27)22(28)25-16-20-12-6-5-10-18(20)2/h5-8,10-13H,4,9,14-17H2,1-3H3,(H,25,28)(H,26,29). The molecule has 0 saturated carbocycles. The van der Waals surface area contributed by atoms with E-state index in [2.05, 4.69) is 17.6 Å². The van der Waals surface area contributed by atoms with E-state index in [4.69, 9.17) is 0 Å². The van der Waals surface area contributed by atoms with Crippen molar-refractivity contribution < 1.29 is 9.59 Å². The van der Waals surface area contributed by atoms with E-state index < -0.39 is 5.41 Å². The van der Waals surface area contributed by atoms with Crippen LogP contribution < -0.4 is 10.6 Å². The van der Waals surface area contributed by atoms with Crippen molar-refractivity contribution in [2.75, 3.05) is 18.4 Å². The summed E-state index contributed by atoms with van der Waals surface area (Å²) in [5.41, 5.74) is 3.65. The van der Waals surface area contributed by atoms with Gasteiger partial charge >= 0.3 is 6.03 Å². The predicted octanol–water partition coefficient (Wildman–Crippen LogP) is 4.51. The van der Waals surface area contributed by atoms with Crippen molar-refractivity contribution in [3.8, 4) is 0 Å². The topological polar surface area (TPSA) is 61.4 Å². The molecule has 2 aromatic carbocycles. The largest absolute Gasteiger partial charge is 0.351 e. The average molecular weight is 394 g/mol. The minimum Gasteiger partial charge on any atom is -0.351 e. The first-order valence-electron chi connectivity index (χ1n) is 10.4. The molecular formula is C24H31N3O2. The van der Waals surface area contributed by atoms with Crippen LogP contribution in [0.1, 0.15) is 43.4 Å². The highest BCUT2D eigenvalue weighted by Crippen LogP contribution is 2.30. The first-order valence-corrected chi connectivity index (χ1v) is 10.4. The molecule has 3 rings (SSSR count). The number of likely N-dealkylation sites (tertiary alicyclic amines) is 1. The number of nitrogens with one attached hydrogen (secondary N) is 2. The Kier molecular flexibility index (Phi) is 6.57. The lowest BCUT2D eigenvalue weighted by atomic mass is 9.81. The minimum atomic E-state index is -0.581. The average Bonchev–Trinajstić information content (AvgIpc) is 2.73. The number of hydrogen-bond donors (Lipinski definition) is 2. The fourth-order valence-corrected chi connectivity index (χ4v) is 3.94. The van der Waals surface area contributed by atoms with Gasteiger partial charge in [-0.3, -0.25) is 4.79 Å². The molecule has 29 heavy (non-hydrogen) atoms. The van der Waals surface area contributed by atoms with Crippen molar-refractivity contribution in [3.05, 3.63) is 65.2 Å². The third-order valence-electron chi connectivity index (χ3n) is 5.87. The maximum absolute atomic E-state index is 13.0. The van der Waals surface area contributed by atoms with E-state index in [0.717, 1.165) is 41.6 Å². The smallest absolute Gasteiger partial charge is 0.321 e. The summed E-state index contributed by atoms with van der Waals surface area (Å²) in [5, 5.41) is 6.11. The van der Waals surface area contributed by atoms with Crippen LogP contribution in [-0.2, 0) is 17.8 Å². The summed E-state index contributed by atoms with van der Waals surface area (Å²) >= 11 is 0. The number of rotatable bonds is 5. The summed E-state index contributed by atoms with van der Waals surface area (Å²) in [6.45, 7) is 7.68. The van der Waals surface area contributed by atoms with Gasteiger partial charge in [0.05, 0.1) is 5.41 Å². The zero-order valence-electron chi connectivity index (χ0n) is 17.6. The number of carbonyl (C=O) groups is 2. The number of anilines is 1. The van der Waals surface area contributed by atoms with Gasteiger partial charge in [0.15, 0.2) is 0 Å². The van der Waals surface area contributed by atoms with Crippen LogP contribution in [0.5, 0.6) is 0 Å². The zero-order chi connectivity index (χ0) is 20.9. The molecule has 0 aromatic heterocycles. The van der Waals surface area contributed by atoms with Crippen LogP contribution in [0.15, 0.2) is 48.5 Å². The van der Waals surface area contributed by atoms with E-state index in [-0.39, 0.29) is 11.9 Å². The second kappa shape index (κ2) is 9.12. The summed E-state index contributed by atoms with van der Waals surface area (Å²) in [6.07, 6.45) is 2.45. The number of piperidine rings is 1. The predicted molar refractivity (Wildman–Crippen MR) is 117 cm³/mol. The molecule has 1 atom stereocenters.